The normalized spacial score (nSPS) is 33.0. The zero-order chi connectivity index (χ0) is 5.98. The molecule has 1 aliphatic heterocycles. The van der Waals surface area contributed by atoms with Crippen LogP contribution in [0.2, 0.25) is 0 Å². The summed E-state index contributed by atoms with van der Waals surface area (Å²) in [6, 6.07) is 0. The lowest BCUT2D eigenvalue weighted by atomic mass is 10.0. The van der Waals surface area contributed by atoms with Gasteiger partial charge < -0.3 is 0 Å². The third kappa shape index (κ3) is 1.44. The quantitative estimate of drug-likeness (QED) is 0.436. The molecule has 1 saturated heterocycles. The largest absolute Gasteiger partial charge is 0.146 e. The molecule has 1 atom stereocenters. The second-order valence-electron chi connectivity index (χ2n) is 2.62. The van der Waals surface area contributed by atoms with E-state index in [0.29, 0.717) is 19.0 Å². The van der Waals surface area contributed by atoms with E-state index in [-0.39, 0.29) is 0 Å². The molecule has 0 radical (unpaired) electrons. The Kier molecular flexibility index (Phi) is 1.84. The minimum absolute atomic E-state index is 0.564. The Hall–Kier alpha value is -0.110. The first-order chi connectivity index (χ1) is 3.79. The molecule has 0 bridgehead atoms. The summed E-state index contributed by atoms with van der Waals surface area (Å²) in [6.45, 7) is 3.37. The van der Waals surface area contributed by atoms with E-state index in [1.165, 1.54) is 6.42 Å². The number of rotatable bonds is 0. The summed E-state index contributed by atoms with van der Waals surface area (Å²) >= 11 is 0. The van der Waals surface area contributed by atoms with E-state index in [1.54, 1.807) is 0 Å². The lowest BCUT2D eigenvalue weighted by molar-refractivity contribution is -0.0125. The maximum atomic E-state index is 12.3. The first kappa shape index (κ1) is 6.02. The summed E-state index contributed by atoms with van der Waals surface area (Å²) in [6.07, 6.45) is 2.22. The molecular formula is C6H12FN. The van der Waals surface area contributed by atoms with Gasteiger partial charge in [0, 0.05) is 13.1 Å². The fourth-order valence-corrected chi connectivity index (χ4v) is 1.13. The van der Waals surface area contributed by atoms with Gasteiger partial charge >= 0.3 is 0 Å². The highest BCUT2D eigenvalue weighted by molar-refractivity contribution is 4.62. The van der Waals surface area contributed by atoms with Crippen LogP contribution in [0.25, 0.3) is 0 Å². The minimum atomic E-state index is 0.564. The lowest BCUT2D eigenvalue weighted by Gasteiger charge is -2.22. The van der Waals surface area contributed by atoms with Gasteiger partial charge in [-0.3, -0.25) is 0 Å². The van der Waals surface area contributed by atoms with E-state index in [4.69, 9.17) is 0 Å². The summed E-state index contributed by atoms with van der Waals surface area (Å²) in [5.74, 6) is 0.564. The molecular weight excluding hydrogens is 105 g/mol. The molecule has 1 rings (SSSR count). The van der Waals surface area contributed by atoms with Crippen LogP contribution in [0.1, 0.15) is 19.8 Å². The van der Waals surface area contributed by atoms with Crippen molar-refractivity contribution in [1.82, 2.24) is 5.12 Å². The van der Waals surface area contributed by atoms with Crippen molar-refractivity contribution in [1.29, 1.82) is 0 Å². The molecule has 1 aliphatic rings. The average Bonchev–Trinajstić information content (AvgIpc) is 1.64. The molecule has 0 aliphatic carbocycles. The van der Waals surface area contributed by atoms with Crippen LogP contribution in [0, 0.1) is 5.92 Å². The van der Waals surface area contributed by atoms with Crippen molar-refractivity contribution in [3.8, 4) is 0 Å². The second-order valence-corrected chi connectivity index (χ2v) is 2.62. The monoisotopic (exact) mass is 117 g/mol. The molecule has 1 nitrogen and oxygen atoms in total. The molecule has 0 aromatic carbocycles. The van der Waals surface area contributed by atoms with Crippen LogP contribution in [0.4, 0.5) is 4.48 Å². The van der Waals surface area contributed by atoms with Crippen LogP contribution in [0.3, 0.4) is 0 Å². The predicted molar refractivity (Wildman–Crippen MR) is 31.1 cm³/mol. The molecule has 1 heterocycles. The fraction of sp³-hybridized carbons (Fsp3) is 1.00. The molecule has 1 fully saturated rings. The topological polar surface area (TPSA) is 3.24 Å². The third-order valence-electron chi connectivity index (χ3n) is 1.61. The van der Waals surface area contributed by atoms with Gasteiger partial charge in [-0.2, -0.15) is 0 Å². The molecule has 0 unspecified atom stereocenters. The first-order valence-corrected chi connectivity index (χ1v) is 3.20. The SMILES string of the molecule is C[C@@H]1CCCN(F)C1. The standard InChI is InChI=1S/C6H12FN/c1-6-3-2-4-8(7)5-6/h6H,2-5H2,1H3/t6-/m1/s1. The smallest absolute Gasteiger partial charge is 0.0316 e. The van der Waals surface area contributed by atoms with Crippen LogP contribution >= 0.6 is 0 Å². The van der Waals surface area contributed by atoms with Gasteiger partial charge in [-0.05, 0) is 18.8 Å². The molecule has 0 N–H and O–H groups in total. The van der Waals surface area contributed by atoms with Gasteiger partial charge in [0.15, 0.2) is 0 Å². The van der Waals surface area contributed by atoms with Crippen LogP contribution in [0.15, 0.2) is 0 Å². The molecule has 48 valence electrons. The van der Waals surface area contributed by atoms with E-state index >= 15 is 0 Å². The number of hydrogen-bond donors (Lipinski definition) is 0. The van der Waals surface area contributed by atoms with Crippen LogP contribution < -0.4 is 0 Å². The second kappa shape index (κ2) is 2.44. The Morgan fingerprint density at radius 3 is 2.75 bits per heavy atom. The van der Waals surface area contributed by atoms with Crippen molar-refractivity contribution in [3.05, 3.63) is 0 Å². The van der Waals surface area contributed by atoms with Crippen molar-refractivity contribution in [2.45, 2.75) is 19.8 Å². The van der Waals surface area contributed by atoms with Crippen molar-refractivity contribution in [3.63, 3.8) is 0 Å². The molecule has 8 heavy (non-hydrogen) atoms. The van der Waals surface area contributed by atoms with Crippen molar-refractivity contribution in [2.24, 2.45) is 5.92 Å². The molecule has 0 saturated carbocycles. The number of hydrogen-bond acceptors (Lipinski definition) is 1. The van der Waals surface area contributed by atoms with E-state index < -0.39 is 0 Å². The Labute approximate surface area is 49.4 Å². The van der Waals surface area contributed by atoms with Gasteiger partial charge in [-0.1, -0.05) is 6.92 Å². The van der Waals surface area contributed by atoms with E-state index in [1.807, 2.05) is 0 Å². The summed E-state index contributed by atoms with van der Waals surface area (Å²) in [5.41, 5.74) is 0. The van der Waals surface area contributed by atoms with E-state index in [9.17, 15) is 4.48 Å². The first-order valence-electron chi connectivity index (χ1n) is 3.20. The van der Waals surface area contributed by atoms with Gasteiger partial charge in [0.05, 0.1) is 0 Å². The molecule has 0 aromatic rings. The zero-order valence-corrected chi connectivity index (χ0v) is 5.23. The minimum Gasteiger partial charge on any atom is -0.146 e. The van der Waals surface area contributed by atoms with Crippen molar-refractivity contribution >= 4 is 0 Å². The molecule has 0 spiro atoms. The molecule has 2 heteroatoms. The number of halogens is 1. The maximum Gasteiger partial charge on any atom is 0.0316 e. The van der Waals surface area contributed by atoms with Gasteiger partial charge in [-0.15, -0.1) is 9.60 Å². The molecule has 0 amide bonds. The highest BCUT2D eigenvalue weighted by Crippen LogP contribution is 2.14. The average molecular weight is 117 g/mol. The van der Waals surface area contributed by atoms with E-state index in [0.717, 1.165) is 11.5 Å². The van der Waals surface area contributed by atoms with Crippen molar-refractivity contribution in [2.75, 3.05) is 13.1 Å². The third-order valence-corrected chi connectivity index (χ3v) is 1.61. The Bertz CT molecular complexity index is 66.9. The van der Waals surface area contributed by atoms with Crippen LogP contribution in [-0.4, -0.2) is 18.2 Å². The number of nitrogens with zero attached hydrogens (tertiary/aromatic N) is 1. The highest BCUT2D eigenvalue weighted by Gasteiger charge is 2.14. The van der Waals surface area contributed by atoms with Gasteiger partial charge in [0.1, 0.15) is 0 Å². The fourth-order valence-electron chi connectivity index (χ4n) is 1.13. The maximum absolute atomic E-state index is 12.3. The Morgan fingerprint density at radius 1 is 1.62 bits per heavy atom. The van der Waals surface area contributed by atoms with Crippen LogP contribution in [0.5, 0.6) is 0 Å². The summed E-state index contributed by atoms with van der Waals surface area (Å²) < 4.78 is 12.3. The predicted octanol–water partition coefficient (Wildman–Crippen LogP) is 1.60. The van der Waals surface area contributed by atoms with Gasteiger partial charge in [0.2, 0.25) is 0 Å². The van der Waals surface area contributed by atoms with Gasteiger partial charge in [0.25, 0.3) is 0 Å². The summed E-state index contributed by atoms with van der Waals surface area (Å²) in [7, 11) is 0. The highest BCUT2D eigenvalue weighted by atomic mass is 19.2. The summed E-state index contributed by atoms with van der Waals surface area (Å²) in [5, 5.41) is 0.911. The Balaban J connectivity index is 2.23. The number of piperidine rings is 1. The van der Waals surface area contributed by atoms with E-state index in [2.05, 4.69) is 6.92 Å². The molecule has 0 aromatic heterocycles. The lowest BCUT2D eigenvalue weighted by Crippen LogP contribution is -2.27. The van der Waals surface area contributed by atoms with Crippen LogP contribution in [-0.2, 0) is 0 Å². The van der Waals surface area contributed by atoms with Crippen molar-refractivity contribution < 1.29 is 4.48 Å². The Morgan fingerprint density at radius 2 is 2.38 bits per heavy atom. The zero-order valence-electron chi connectivity index (χ0n) is 5.23. The van der Waals surface area contributed by atoms with Gasteiger partial charge in [-0.25, -0.2) is 0 Å². The summed E-state index contributed by atoms with van der Waals surface area (Å²) in [4.78, 5) is 0.